The van der Waals surface area contributed by atoms with Crippen LogP contribution in [0, 0.1) is 5.41 Å². The van der Waals surface area contributed by atoms with Crippen LogP contribution in [0.1, 0.15) is 36.0 Å². The van der Waals surface area contributed by atoms with Gasteiger partial charge in [-0.25, -0.2) is 0 Å². The first kappa shape index (κ1) is 14.8. The monoisotopic (exact) mass is 287 g/mol. The molecule has 6 heteroatoms. The summed E-state index contributed by atoms with van der Waals surface area (Å²) in [4.78, 5) is 12.1. The molecule has 1 aromatic carbocycles. The lowest BCUT2D eigenvalue weighted by molar-refractivity contribution is -0.274. The molecule has 0 aliphatic heterocycles. The molecule has 0 atom stereocenters. The predicted octanol–water partition coefficient (Wildman–Crippen LogP) is 3.29. The maximum Gasteiger partial charge on any atom is 0.573 e. The fourth-order valence-electron chi connectivity index (χ4n) is 2.44. The molecule has 2 N–H and O–H groups in total. The zero-order valence-corrected chi connectivity index (χ0v) is 10.9. The van der Waals surface area contributed by atoms with Crippen molar-refractivity contribution < 1.29 is 22.7 Å². The first-order valence-corrected chi connectivity index (χ1v) is 6.43. The molecular weight excluding hydrogens is 271 g/mol. The summed E-state index contributed by atoms with van der Waals surface area (Å²) in [6.45, 7) is 0.428. The normalized spacial score (nSPS) is 17.4. The second-order valence-corrected chi connectivity index (χ2v) is 5.23. The van der Waals surface area contributed by atoms with Gasteiger partial charge in [-0.15, -0.1) is 13.2 Å². The average molecular weight is 287 g/mol. The highest BCUT2D eigenvalue weighted by molar-refractivity contribution is 5.96. The van der Waals surface area contributed by atoms with Gasteiger partial charge in [0, 0.05) is 12.0 Å². The molecule has 3 nitrogen and oxygen atoms in total. The number of alkyl halides is 3. The number of ketones is 1. The Bertz CT molecular complexity index is 490. The van der Waals surface area contributed by atoms with Gasteiger partial charge in [-0.1, -0.05) is 18.6 Å². The smallest absolute Gasteiger partial charge is 0.406 e. The van der Waals surface area contributed by atoms with Crippen molar-refractivity contribution in [2.24, 2.45) is 11.1 Å². The largest absolute Gasteiger partial charge is 0.573 e. The highest BCUT2D eigenvalue weighted by atomic mass is 19.4. The summed E-state index contributed by atoms with van der Waals surface area (Å²) in [5.74, 6) is -0.568. The van der Waals surface area contributed by atoms with Gasteiger partial charge in [0.05, 0.1) is 0 Å². The van der Waals surface area contributed by atoms with Gasteiger partial charge >= 0.3 is 6.36 Å². The molecule has 0 heterocycles. The van der Waals surface area contributed by atoms with E-state index in [0.717, 1.165) is 25.3 Å². The third kappa shape index (κ3) is 3.50. The molecule has 0 saturated heterocycles. The number of hydrogen-bond donors (Lipinski definition) is 1. The van der Waals surface area contributed by atoms with Gasteiger partial charge in [-0.2, -0.15) is 0 Å². The average Bonchev–Trinajstić information content (AvgIpc) is 2.32. The number of carbonyl (C=O) groups excluding carboxylic acids is 1. The number of carbonyl (C=O) groups is 1. The van der Waals surface area contributed by atoms with Crippen LogP contribution in [-0.4, -0.2) is 18.7 Å². The summed E-state index contributed by atoms with van der Waals surface area (Å²) in [5.41, 5.74) is 5.74. The number of ether oxygens (including phenoxy) is 1. The van der Waals surface area contributed by atoms with Crippen molar-refractivity contribution in [3.8, 4) is 5.75 Å². The maximum absolute atomic E-state index is 12.1. The van der Waals surface area contributed by atoms with Crippen LogP contribution in [0.3, 0.4) is 0 Å². The van der Waals surface area contributed by atoms with Crippen LogP contribution in [0.5, 0.6) is 5.75 Å². The Kier molecular flexibility index (Phi) is 4.04. The number of nitrogens with two attached hydrogens (primary N) is 1. The number of hydrogen-bond acceptors (Lipinski definition) is 3. The molecule has 0 spiro atoms. The van der Waals surface area contributed by atoms with Crippen LogP contribution in [0.15, 0.2) is 24.3 Å². The van der Waals surface area contributed by atoms with Crippen molar-refractivity contribution in [1.29, 1.82) is 0 Å². The minimum absolute atomic E-state index is 0.169. The number of benzene rings is 1. The van der Waals surface area contributed by atoms with Gasteiger partial charge in [-0.3, -0.25) is 4.79 Å². The van der Waals surface area contributed by atoms with Crippen LogP contribution in [0.2, 0.25) is 0 Å². The van der Waals surface area contributed by atoms with Crippen molar-refractivity contribution >= 4 is 5.78 Å². The quantitative estimate of drug-likeness (QED) is 0.845. The fraction of sp³-hybridized carbons (Fsp3) is 0.500. The first-order chi connectivity index (χ1) is 9.34. The molecule has 2 rings (SSSR count). The number of halogens is 3. The number of rotatable bonds is 5. The van der Waals surface area contributed by atoms with E-state index >= 15 is 0 Å². The SMILES string of the molecule is NCC1(CC(=O)c2cccc(OC(F)(F)F)c2)CCC1. The summed E-state index contributed by atoms with van der Waals surface area (Å²) >= 11 is 0. The molecule has 0 unspecified atom stereocenters. The molecule has 110 valence electrons. The zero-order valence-electron chi connectivity index (χ0n) is 10.9. The van der Waals surface area contributed by atoms with Gasteiger partial charge in [0.25, 0.3) is 0 Å². The maximum atomic E-state index is 12.1. The van der Waals surface area contributed by atoms with E-state index < -0.39 is 6.36 Å². The fourth-order valence-corrected chi connectivity index (χ4v) is 2.44. The van der Waals surface area contributed by atoms with Crippen molar-refractivity contribution in [1.82, 2.24) is 0 Å². The van der Waals surface area contributed by atoms with Crippen molar-refractivity contribution in [2.75, 3.05) is 6.54 Å². The summed E-state index contributed by atoms with van der Waals surface area (Å²) in [5, 5.41) is 0. The van der Waals surface area contributed by atoms with E-state index in [1.165, 1.54) is 18.2 Å². The van der Waals surface area contributed by atoms with E-state index in [1.54, 1.807) is 0 Å². The van der Waals surface area contributed by atoms with Gasteiger partial charge in [0.15, 0.2) is 5.78 Å². The third-order valence-corrected chi connectivity index (χ3v) is 3.77. The molecule has 1 saturated carbocycles. The molecule has 0 amide bonds. The molecule has 1 aliphatic carbocycles. The molecule has 1 aromatic rings. The summed E-state index contributed by atoms with van der Waals surface area (Å²) in [6.07, 6.45) is -1.64. The topological polar surface area (TPSA) is 52.3 Å². The van der Waals surface area contributed by atoms with Crippen LogP contribution < -0.4 is 10.5 Å². The van der Waals surface area contributed by atoms with Crippen LogP contribution in [0.25, 0.3) is 0 Å². The summed E-state index contributed by atoms with van der Waals surface area (Å²) < 4.78 is 40.2. The third-order valence-electron chi connectivity index (χ3n) is 3.77. The molecule has 0 radical (unpaired) electrons. The second-order valence-electron chi connectivity index (χ2n) is 5.23. The van der Waals surface area contributed by atoms with Gasteiger partial charge in [0.2, 0.25) is 0 Å². The van der Waals surface area contributed by atoms with Crippen molar-refractivity contribution in [3.63, 3.8) is 0 Å². The lowest BCUT2D eigenvalue weighted by Crippen LogP contribution is -2.39. The standard InChI is InChI=1S/C14H16F3NO2/c15-14(16,17)20-11-4-1-3-10(7-11)12(19)8-13(9-18)5-2-6-13/h1,3-4,7H,2,5-6,8-9,18H2. The Balaban J connectivity index is 2.08. The summed E-state index contributed by atoms with van der Waals surface area (Å²) in [7, 11) is 0. The lowest BCUT2D eigenvalue weighted by Gasteiger charge is -2.40. The van der Waals surface area contributed by atoms with E-state index in [9.17, 15) is 18.0 Å². The van der Waals surface area contributed by atoms with Crippen LogP contribution >= 0.6 is 0 Å². The highest BCUT2D eigenvalue weighted by Crippen LogP contribution is 2.43. The summed E-state index contributed by atoms with van der Waals surface area (Å²) in [6, 6.07) is 5.17. The zero-order chi connectivity index (χ0) is 14.8. The van der Waals surface area contributed by atoms with E-state index in [-0.39, 0.29) is 28.9 Å². The van der Waals surface area contributed by atoms with Gasteiger partial charge in [-0.05, 0) is 36.9 Å². The van der Waals surface area contributed by atoms with E-state index in [1.807, 2.05) is 0 Å². The van der Waals surface area contributed by atoms with E-state index in [0.29, 0.717) is 6.54 Å². The van der Waals surface area contributed by atoms with Gasteiger partial charge < -0.3 is 10.5 Å². The Morgan fingerprint density at radius 2 is 2.05 bits per heavy atom. The molecule has 20 heavy (non-hydrogen) atoms. The van der Waals surface area contributed by atoms with Crippen molar-refractivity contribution in [2.45, 2.75) is 32.0 Å². The van der Waals surface area contributed by atoms with E-state index in [2.05, 4.69) is 4.74 Å². The molecule has 0 aromatic heterocycles. The molecular formula is C14H16F3NO2. The molecule has 1 aliphatic rings. The Morgan fingerprint density at radius 1 is 1.35 bits per heavy atom. The van der Waals surface area contributed by atoms with E-state index in [4.69, 9.17) is 5.73 Å². The van der Waals surface area contributed by atoms with Crippen molar-refractivity contribution in [3.05, 3.63) is 29.8 Å². The first-order valence-electron chi connectivity index (χ1n) is 6.43. The number of Topliss-reactive ketones (excluding diaryl/α,β-unsaturated/α-hetero) is 1. The van der Waals surface area contributed by atoms with Crippen LogP contribution in [0.4, 0.5) is 13.2 Å². The molecule has 0 bridgehead atoms. The highest BCUT2D eigenvalue weighted by Gasteiger charge is 2.37. The Hall–Kier alpha value is -1.56. The predicted molar refractivity (Wildman–Crippen MR) is 67.4 cm³/mol. The minimum atomic E-state index is -4.76. The van der Waals surface area contributed by atoms with Crippen LogP contribution in [-0.2, 0) is 0 Å². The molecule has 1 fully saturated rings. The Labute approximate surface area is 114 Å². The second kappa shape index (κ2) is 5.44. The van der Waals surface area contributed by atoms with Gasteiger partial charge in [0.1, 0.15) is 5.75 Å². The Morgan fingerprint density at radius 3 is 2.55 bits per heavy atom. The lowest BCUT2D eigenvalue weighted by atomic mass is 9.65. The minimum Gasteiger partial charge on any atom is -0.406 e.